The zero-order valence-electron chi connectivity index (χ0n) is 15.7. The maximum atomic E-state index is 5.97. The highest BCUT2D eigenvalue weighted by molar-refractivity contribution is 5.19. The van der Waals surface area contributed by atoms with Crippen molar-refractivity contribution in [3.05, 3.63) is 23.5 Å². The number of hydrogen-bond acceptors (Lipinski definition) is 4. The minimum absolute atomic E-state index is 0.270. The molecule has 0 aromatic heterocycles. The Hall–Kier alpha value is -0.840. The van der Waals surface area contributed by atoms with Crippen LogP contribution in [-0.2, 0) is 18.9 Å². The second kappa shape index (κ2) is 7.42. The largest absolute Gasteiger partial charge is 0.495 e. The number of hydrogen-bond donors (Lipinski definition) is 0. The van der Waals surface area contributed by atoms with Gasteiger partial charge in [-0.05, 0) is 49.5 Å². The maximum Gasteiger partial charge on any atom is 0.116 e. The normalized spacial score (nSPS) is 35.0. The van der Waals surface area contributed by atoms with Crippen molar-refractivity contribution in [3.63, 3.8) is 0 Å². The number of epoxide rings is 2. The van der Waals surface area contributed by atoms with E-state index in [1.807, 2.05) is 0 Å². The molecule has 2 aliphatic heterocycles. The topological polar surface area (TPSA) is 43.5 Å². The van der Waals surface area contributed by atoms with Gasteiger partial charge in [-0.1, -0.05) is 25.5 Å². The Morgan fingerprint density at radius 3 is 2.36 bits per heavy atom. The first-order valence-electron chi connectivity index (χ1n) is 9.97. The molecule has 2 fully saturated rings. The van der Waals surface area contributed by atoms with E-state index in [-0.39, 0.29) is 5.41 Å². The van der Waals surface area contributed by atoms with E-state index in [0.717, 1.165) is 52.1 Å². The molecule has 25 heavy (non-hydrogen) atoms. The van der Waals surface area contributed by atoms with Crippen LogP contribution in [0.25, 0.3) is 0 Å². The van der Waals surface area contributed by atoms with Gasteiger partial charge in [-0.25, -0.2) is 0 Å². The van der Waals surface area contributed by atoms with E-state index in [1.165, 1.54) is 18.6 Å². The molecule has 4 heteroatoms. The van der Waals surface area contributed by atoms with Crippen LogP contribution in [0.2, 0.25) is 0 Å². The van der Waals surface area contributed by atoms with Gasteiger partial charge in [0.2, 0.25) is 0 Å². The molecule has 0 spiro atoms. The minimum Gasteiger partial charge on any atom is -0.495 e. The van der Waals surface area contributed by atoms with Gasteiger partial charge in [-0.3, -0.25) is 0 Å². The summed E-state index contributed by atoms with van der Waals surface area (Å²) in [5.74, 6) is 1.89. The van der Waals surface area contributed by atoms with Gasteiger partial charge in [-0.15, -0.1) is 0 Å². The van der Waals surface area contributed by atoms with Crippen LogP contribution in [0, 0.1) is 11.3 Å². The summed E-state index contributed by atoms with van der Waals surface area (Å²) in [6.45, 7) is 8.13. The first-order valence-corrected chi connectivity index (χ1v) is 9.97. The quantitative estimate of drug-likeness (QED) is 0.491. The SMILES string of the molecule is CC(C)(C1=CCC(OCC2CO2)CC1)C1CC=C(OCC2CO2)CC1. The summed E-state index contributed by atoms with van der Waals surface area (Å²) in [4.78, 5) is 0. The van der Waals surface area contributed by atoms with Gasteiger partial charge in [0, 0.05) is 6.42 Å². The highest BCUT2D eigenvalue weighted by Crippen LogP contribution is 2.46. The first kappa shape index (κ1) is 17.6. The molecule has 0 radical (unpaired) electrons. The summed E-state index contributed by atoms with van der Waals surface area (Å²) in [6.07, 6.45) is 12.7. The van der Waals surface area contributed by atoms with Crippen LogP contribution in [0.5, 0.6) is 0 Å². The summed E-state index contributed by atoms with van der Waals surface area (Å²) in [7, 11) is 0. The fourth-order valence-electron chi connectivity index (χ4n) is 4.18. The number of rotatable bonds is 8. The van der Waals surface area contributed by atoms with Crippen molar-refractivity contribution in [1.82, 2.24) is 0 Å². The van der Waals surface area contributed by atoms with Crippen molar-refractivity contribution in [2.24, 2.45) is 11.3 Å². The Labute approximate surface area is 151 Å². The van der Waals surface area contributed by atoms with Gasteiger partial charge in [0.05, 0.1) is 31.7 Å². The summed E-state index contributed by atoms with van der Waals surface area (Å²) >= 11 is 0. The molecule has 0 bridgehead atoms. The van der Waals surface area contributed by atoms with Crippen molar-refractivity contribution in [2.75, 3.05) is 26.4 Å². The zero-order valence-corrected chi connectivity index (χ0v) is 15.7. The summed E-state index contributed by atoms with van der Waals surface area (Å²) in [6, 6.07) is 0. The predicted octanol–water partition coefficient (Wildman–Crippen LogP) is 4.01. The molecule has 4 aliphatic rings. The van der Waals surface area contributed by atoms with E-state index >= 15 is 0 Å². The van der Waals surface area contributed by atoms with Crippen molar-refractivity contribution in [2.45, 2.75) is 70.7 Å². The van der Waals surface area contributed by atoms with Crippen LogP contribution in [0.3, 0.4) is 0 Å². The van der Waals surface area contributed by atoms with Gasteiger partial charge in [0.1, 0.15) is 18.8 Å². The fourth-order valence-corrected chi connectivity index (χ4v) is 4.18. The third-order valence-corrected chi connectivity index (χ3v) is 6.36. The van der Waals surface area contributed by atoms with Crippen LogP contribution < -0.4 is 0 Å². The van der Waals surface area contributed by atoms with Crippen molar-refractivity contribution in [1.29, 1.82) is 0 Å². The molecule has 4 nitrogen and oxygen atoms in total. The first-order chi connectivity index (χ1) is 12.1. The fraction of sp³-hybridized carbons (Fsp3) is 0.810. The van der Waals surface area contributed by atoms with Crippen molar-refractivity contribution in [3.8, 4) is 0 Å². The Morgan fingerprint density at radius 2 is 1.76 bits per heavy atom. The lowest BCUT2D eigenvalue weighted by Crippen LogP contribution is -2.31. The lowest BCUT2D eigenvalue weighted by Gasteiger charge is -2.40. The van der Waals surface area contributed by atoms with E-state index < -0.39 is 0 Å². The summed E-state index contributed by atoms with van der Waals surface area (Å²) in [5, 5.41) is 0. The monoisotopic (exact) mass is 348 g/mol. The molecular formula is C21H32O4. The van der Waals surface area contributed by atoms with Gasteiger partial charge >= 0.3 is 0 Å². The van der Waals surface area contributed by atoms with Crippen molar-refractivity contribution < 1.29 is 18.9 Å². The molecule has 4 atom stereocenters. The molecule has 2 aliphatic carbocycles. The Bertz CT molecular complexity index is 528. The molecule has 0 aromatic rings. The average Bonchev–Trinajstić information content (AvgIpc) is 3.54. The Morgan fingerprint density at radius 1 is 1.00 bits per heavy atom. The Balaban J connectivity index is 1.27. The minimum atomic E-state index is 0.270. The third-order valence-electron chi connectivity index (χ3n) is 6.36. The van der Waals surface area contributed by atoms with E-state index in [4.69, 9.17) is 18.9 Å². The smallest absolute Gasteiger partial charge is 0.116 e. The van der Waals surface area contributed by atoms with Gasteiger partial charge in [0.15, 0.2) is 0 Å². The average molecular weight is 348 g/mol. The van der Waals surface area contributed by atoms with E-state index in [9.17, 15) is 0 Å². The Kier molecular flexibility index (Phi) is 5.21. The molecule has 2 heterocycles. The third kappa shape index (κ3) is 4.66. The second-order valence-corrected chi connectivity index (χ2v) is 8.54. The lowest BCUT2D eigenvalue weighted by atomic mass is 9.66. The number of ether oxygens (including phenoxy) is 4. The molecular weight excluding hydrogens is 316 g/mol. The van der Waals surface area contributed by atoms with Crippen LogP contribution in [0.15, 0.2) is 23.5 Å². The molecule has 0 amide bonds. The molecule has 4 unspecified atom stereocenters. The molecule has 0 N–H and O–H groups in total. The predicted molar refractivity (Wildman–Crippen MR) is 96.3 cm³/mol. The summed E-state index contributed by atoms with van der Waals surface area (Å²) in [5.41, 5.74) is 1.90. The van der Waals surface area contributed by atoms with Crippen LogP contribution in [-0.4, -0.2) is 44.7 Å². The van der Waals surface area contributed by atoms with E-state index in [1.54, 1.807) is 5.57 Å². The molecule has 4 rings (SSSR count). The highest BCUT2D eigenvalue weighted by Gasteiger charge is 2.36. The number of allylic oxidation sites excluding steroid dienone is 3. The summed E-state index contributed by atoms with van der Waals surface area (Å²) < 4.78 is 22.3. The van der Waals surface area contributed by atoms with Gasteiger partial charge in [0.25, 0.3) is 0 Å². The lowest BCUT2D eigenvalue weighted by molar-refractivity contribution is 0.0339. The molecule has 2 saturated heterocycles. The highest BCUT2D eigenvalue weighted by atomic mass is 16.6. The maximum absolute atomic E-state index is 5.97. The van der Waals surface area contributed by atoms with E-state index in [2.05, 4.69) is 26.0 Å². The molecule has 140 valence electrons. The van der Waals surface area contributed by atoms with Gasteiger partial charge in [-0.2, -0.15) is 0 Å². The standard InChI is InChI=1S/C21H32O4/c1-21(2,15-3-7-17(8-4-15)22-11-19-13-24-19)16-5-9-18(10-6-16)23-12-20-14-25-20/h3,9,16-17,19-20H,4-8,10-14H2,1-2H3. The van der Waals surface area contributed by atoms with Crippen LogP contribution >= 0.6 is 0 Å². The van der Waals surface area contributed by atoms with Crippen LogP contribution in [0.4, 0.5) is 0 Å². The van der Waals surface area contributed by atoms with Crippen LogP contribution in [0.1, 0.15) is 52.4 Å². The molecule has 0 saturated carbocycles. The zero-order chi connectivity index (χ0) is 17.3. The van der Waals surface area contributed by atoms with E-state index in [0.29, 0.717) is 24.2 Å². The van der Waals surface area contributed by atoms with Gasteiger partial charge < -0.3 is 18.9 Å². The second-order valence-electron chi connectivity index (χ2n) is 8.54. The van der Waals surface area contributed by atoms with Crippen molar-refractivity contribution >= 4 is 0 Å². The molecule has 0 aromatic carbocycles.